The van der Waals surface area contributed by atoms with E-state index in [9.17, 15) is 9.90 Å². The number of rotatable bonds is 4. The van der Waals surface area contributed by atoms with Crippen LogP contribution in [0.5, 0.6) is 5.75 Å². The van der Waals surface area contributed by atoms with E-state index in [1.54, 1.807) is 18.3 Å². The van der Waals surface area contributed by atoms with Crippen LogP contribution in [-0.2, 0) is 0 Å². The highest BCUT2D eigenvalue weighted by Gasteiger charge is 2.10. The van der Waals surface area contributed by atoms with Gasteiger partial charge in [0, 0.05) is 28.2 Å². The van der Waals surface area contributed by atoms with Gasteiger partial charge >= 0.3 is 0 Å². The maximum absolute atomic E-state index is 12.1. The number of aryl methyl sites for hydroxylation is 1. The molecular weight excluding hydrogens is 376 g/mol. The maximum Gasteiger partial charge on any atom is 0.271 e. The molecule has 3 rings (SSSR count). The molecule has 6 nitrogen and oxygen atoms in total. The van der Waals surface area contributed by atoms with Crippen LogP contribution in [0.25, 0.3) is 5.69 Å². The molecule has 28 heavy (non-hydrogen) atoms. The molecule has 7 heteroatoms. The lowest BCUT2D eigenvalue weighted by Gasteiger charge is -2.09. The summed E-state index contributed by atoms with van der Waals surface area (Å²) in [5.74, 6) is -0.518. The lowest BCUT2D eigenvalue weighted by Crippen LogP contribution is -2.17. The predicted molar refractivity (Wildman–Crippen MR) is 108 cm³/mol. The topological polar surface area (TPSA) is 90.4 Å². The van der Waals surface area contributed by atoms with Crippen molar-refractivity contribution in [1.29, 1.82) is 5.26 Å². The second kappa shape index (κ2) is 7.99. The minimum absolute atomic E-state index is 0.0861. The molecule has 2 aromatic carbocycles. The smallest absolute Gasteiger partial charge is 0.271 e. The fourth-order valence-electron chi connectivity index (χ4n) is 2.87. The van der Waals surface area contributed by atoms with E-state index in [4.69, 9.17) is 16.9 Å². The molecule has 0 saturated heterocycles. The number of carbonyl (C=O) groups is 1. The number of nitrogens with one attached hydrogen (secondary N) is 1. The van der Waals surface area contributed by atoms with Crippen molar-refractivity contribution < 1.29 is 9.90 Å². The van der Waals surface area contributed by atoms with E-state index in [-0.39, 0.29) is 10.8 Å². The number of amides is 1. The summed E-state index contributed by atoms with van der Waals surface area (Å²) >= 11 is 5.82. The fourth-order valence-corrected chi connectivity index (χ4v) is 3.05. The van der Waals surface area contributed by atoms with Gasteiger partial charge < -0.3 is 9.67 Å². The molecule has 0 atom stereocenters. The molecule has 0 aliphatic rings. The van der Waals surface area contributed by atoms with Gasteiger partial charge in [0.2, 0.25) is 0 Å². The summed E-state index contributed by atoms with van der Waals surface area (Å²) in [4.78, 5) is 12.1. The normalized spacial score (nSPS) is 10.8. The minimum atomic E-state index is -0.431. The molecule has 0 radical (unpaired) electrons. The van der Waals surface area contributed by atoms with Crippen molar-refractivity contribution in [3.8, 4) is 17.5 Å². The number of carbonyl (C=O) groups excluding carboxylic acids is 1. The molecule has 0 aliphatic carbocycles. The third kappa shape index (κ3) is 3.90. The van der Waals surface area contributed by atoms with Crippen molar-refractivity contribution in [2.75, 3.05) is 0 Å². The second-order valence-electron chi connectivity index (χ2n) is 6.19. The van der Waals surface area contributed by atoms with E-state index in [2.05, 4.69) is 16.6 Å². The Labute approximate surface area is 167 Å². The van der Waals surface area contributed by atoms with Crippen LogP contribution in [0.3, 0.4) is 0 Å². The lowest BCUT2D eigenvalue weighted by atomic mass is 10.2. The second-order valence-corrected chi connectivity index (χ2v) is 6.59. The average Bonchev–Trinajstić information content (AvgIpc) is 2.97. The van der Waals surface area contributed by atoms with Gasteiger partial charge in [0.25, 0.3) is 5.91 Å². The van der Waals surface area contributed by atoms with Crippen LogP contribution in [0.4, 0.5) is 0 Å². The standard InChI is InChI=1S/C21H17ClN4O2/c1-13-9-17(14(2)26(13)18-6-3-15(11-23)4-7-18)12-24-25-21(28)16-5-8-20(27)19(22)10-16/h3-10,12,27H,1-2H3,(H,25,28). The van der Waals surface area contributed by atoms with E-state index in [0.29, 0.717) is 11.1 Å². The number of aromatic hydroxyl groups is 1. The van der Waals surface area contributed by atoms with E-state index in [1.807, 2.05) is 36.6 Å². The van der Waals surface area contributed by atoms with Gasteiger partial charge in [-0.25, -0.2) is 5.43 Å². The number of hydrazone groups is 1. The zero-order valence-electron chi connectivity index (χ0n) is 15.3. The third-order valence-corrected chi connectivity index (χ3v) is 4.61. The Hall–Kier alpha value is -3.56. The van der Waals surface area contributed by atoms with Crippen LogP contribution in [0.1, 0.15) is 32.9 Å². The third-order valence-electron chi connectivity index (χ3n) is 4.30. The summed E-state index contributed by atoms with van der Waals surface area (Å²) in [6.45, 7) is 3.92. The first-order valence-corrected chi connectivity index (χ1v) is 8.80. The molecule has 3 aromatic rings. The SMILES string of the molecule is Cc1cc(C=NNC(=O)c2ccc(O)c(Cl)c2)c(C)n1-c1ccc(C#N)cc1. The molecule has 1 amide bonds. The van der Waals surface area contributed by atoms with Crippen molar-refractivity contribution in [2.24, 2.45) is 5.10 Å². The van der Waals surface area contributed by atoms with Gasteiger partial charge in [-0.2, -0.15) is 10.4 Å². The maximum atomic E-state index is 12.1. The summed E-state index contributed by atoms with van der Waals surface area (Å²) in [7, 11) is 0. The number of hydrogen-bond acceptors (Lipinski definition) is 4. The Balaban J connectivity index is 1.78. The highest BCUT2D eigenvalue weighted by atomic mass is 35.5. The first-order valence-electron chi connectivity index (χ1n) is 8.42. The number of aromatic nitrogens is 1. The Bertz CT molecular complexity index is 1110. The van der Waals surface area contributed by atoms with Crippen molar-refractivity contribution in [2.45, 2.75) is 13.8 Å². The molecule has 0 spiro atoms. The number of nitrogens with zero attached hydrogens (tertiary/aromatic N) is 3. The van der Waals surface area contributed by atoms with Gasteiger partial charge in [-0.1, -0.05) is 11.6 Å². The monoisotopic (exact) mass is 392 g/mol. The molecule has 0 fully saturated rings. The zero-order valence-corrected chi connectivity index (χ0v) is 16.0. The minimum Gasteiger partial charge on any atom is -0.506 e. The Morgan fingerprint density at radius 3 is 2.57 bits per heavy atom. The molecule has 2 N–H and O–H groups in total. The molecule has 1 aromatic heterocycles. The highest BCUT2D eigenvalue weighted by molar-refractivity contribution is 6.32. The quantitative estimate of drug-likeness (QED) is 0.517. The number of phenols is 1. The number of halogens is 1. The molecule has 0 unspecified atom stereocenters. The largest absolute Gasteiger partial charge is 0.506 e. The highest BCUT2D eigenvalue weighted by Crippen LogP contribution is 2.23. The van der Waals surface area contributed by atoms with Gasteiger partial charge in [-0.05, 0) is 62.4 Å². The number of benzene rings is 2. The molecule has 0 saturated carbocycles. The van der Waals surface area contributed by atoms with Crippen molar-refractivity contribution in [3.63, 3.8) is 0 Å². The number of phenolic OH excluding ortho intramolecular Hbond substituents is 1. The predicted octanol–water partition coefficient (Wildman–Crippen LogP) is 4.09. The van der Waals surface area contributed by atoms with E-state index >= 15 is 0 Å². The average molecular weight is 393 g/mol. The van der Waals surface area contributed by atoms with E-state index < -0.39 is 5.91 Å². The van der Waals surface area contributed by atoms with Crippen LogP contribution in [0.15, 0.2) is 53.6 Å². The van der Waals surface area contributed by atoms with Crippen molar-refractivity contribution in [3.05, 3.63) is 81.6 Å². The van der Waals surface area contributed by atoms with Crippen LogP contribution >= 0.6 is 11.6 Å². The summed E-state index contributed by atoms with van der Waals surface area (Å²) in [5.41, 5.74) is 7.09. The van der Waals surface area contributed by atoms with Crippen LogP contribution < -0.4 is 5.43 Å². The fraction of sp³-hybridized carbons (Fsp3) is 0.0952. The molecule has 0 bridgehead atoms. The van der Waals surface area contributed by atoms with Gasteiger partial charge in [0.1, 0.15) is 5.75 Å². The van der Waals surface area contributed by atoms with Gasteiger partial charge in [0.05, 0.1) is 22.9 Å². The number of nitriles is 1. The van der Waals surface area contributed by atoms with Gasteiger partial charge in [0.15, 0.2) is 0 Å². The Kier molecular flexibility index (Phi) is 5.48. The summed E-state index contributed by atoms with van der Waals surface area (Å²) < 4.78 is 2.05. The summed E-state index contributed by atoms with van der Waals surface area (Å²) in [6.07, 6.45) is 1.57. The molecule has 1 heterocycles. The van der Waals surface area contributed by atoms with E-state index in [1.165, 1.54) is 18.2 Å². The van der Waals surface area contributed by atoms with Crippen LogP contribution in [0.2, 0.25) is 5.02 Å². The summed E-state index contributed by atoms with van der Waals surface area (Å²) in [6, 6.07) is 15.6. The van der Waals surface area contributed by atoms with Crippen LogP contribution in [-0.4, -0.2) is 21.8 Å². The van der Waals surface area contributed by atoms with Gasteiger partial charge in [-0.3, -0.25) is 4.79 Å². The Morgan fingerprint density at radius 1 is 1.21 bits per heavy atom. The van der Waals surface area contributed by atoms with Crippen LogP contribution in [0, 0.1) is 25.2 Å². The van der Waals surface area contributed by atoms with Crippen molar-refractivity contribution in [1.82, 2.24) is 9.99 Å². The lowest BCUT2D eigenvalue weighted by molar-refractivity contribution is 0.0955. The Morgan fingerprint density at radius 2 is 1.93 bits per heavy atom. The molecule has 0 aliphatic heterocycles. The summed E-state index contributed by atoms with van der Waals surface area (Å²) in [5, 5.41) is 22.5. The zero-order chi connectivity index (χ0) is 20.3. The van der Waals surface area contributed by atoms with E-state index in [0.717, 1.165) is 22.6 Å². The van der Waals surface area contributed by atoms with Gasteiger partial charge in [-0.15, -0.1) is 0 Å². The molecular formula is C21H17ClN4O2. The first-order chi connectivity index (χ1) is 13.4. The van der Waals surface area contributed by atoms with Crippen molar-refractivity contribution >= 4 is 23.7 Å². The number of hydrogen-bond donors (Lipinski definition) is 2. The first kappa shape index (κ1) is 19.2. The molecule has 140 valence electrons.